The molecule has 2 aromatic carbocycles. The quantitative estimate of drug-likeness (QED) is 0.847. The van der Waals surface area contributed by atoms with Gasteiger partial charge in [-0.1, -0.05) is 24.3 Å². The Labute approximate surface area is 123 Å². The molecular formula is C17H18O4. The number of carbonyl (C=O) groups is 1. The summed E-state index contributed by atoms with van der Waals surface area (Å²) >= 11 is 0. The van der Waals surface area contributed by atoms with Crippen LogP contribution in [-0.2, 0) is 14.9 Å². The lowest BCUT2D eigenvalue weighted by molar-refractivity contribution is 0.0482. The molecule has 0 spiro atoms. The third-order valence-corrected chi connectivity index (χ3v) is 4.20. The minimum atomic E-state index is -0.766. The van der Waals surface area contributed by atoms with Crippen molar-refractivity contribution in [2.24, 2.45) is 0 Å². The Morgan fingerprint density at radius 3 is 2.33 bits per heavy atom. The molecule has 110 valence electrons. The minimum absolute atomic E-state index is 0.0556. The summed E-state index contributed by atoms with van der Waals surface area (Å²) in [5.41, 5.74) is 0.913. The summed E-state index contributed by atoms with van der Waals surface area (Å²) in [4.78, 5) is 13.0. The summed E-state index contributed by atoms with van der Waals surface area (Å²) in [6, 6.07) is 9.58. The normalized spacial score (nSPS) is 15.7. The summed E-state index contributed by atoms with van der Waals surface area (Å²) in [5, 5.41) is 1.91. The van der Waals surface area contributed by atoms with E-state index in [9.17, 15) is 4.79 Å². The lowest BCUT2D eigenvalue weighted by Gasteiger charge is -2.27. The average molecular weight is 286 g/mol. The fraction of sp³-hybridized carbons (Fsp3) is 0.353. The number of ketones is 1. The van der Waals surface area contributed by atoms with Crippen LogP contribution in [0.15, 0.2) is 30.3 Å². The molecule has 0 unspecified atom stereocenters. The number of hydrogen-bond donors (Lipinski definition) is 0. The van der Waals surface area contributed by atoms with Crippen molar-refractivity contribution in [3.8, 4) is 5.75 Å². The number of Topliss-reactive ketones (excluding diaryl/α,β-unsaturated/α-hetero) is 1. The van der Waals surface area contributed by atoms with Gasteiger partial charge in [-0.05, 0) is 11.6 Å². The zero-order valence-electron chi connectivity index (χ0n) is 12.4. The summed E-state index contributed by atoms with van der Waals surface area (Å²) in [6.07, 6.45) is 0. The van der Waals surface area contributed by atoms with Gasteiger partial charge in [-0.25, -0.2) is 0 Å². The molecule has 0 heterocycles. The van der Waals surface area contributed by atoms with Gasteiger partial charge in [-0.15, -0.1) is 0 Å². The van der Waals surface area contributed by atoms with Gasteiger partial charge in [0.2, 0.25) is 0 Å². The van der Waals surface area contributed by atoms with Crippen LogP contribution in [0.4, 0.5) is 0 Å². The van der Waals surface area contributed by atoms with E-state index in [2.05, 4.69) is 0 Å². The van der Waals surface area contributed by atoms with E-state index in [4.69, 9.17) is 14.2 Å². The highest BCUT2D eigenvalue weighted by Crippen LogP contribution is 2.45. The van der Waals surface area contributed by atoms with Crippen molar-refractivity contribution in [2.45, 2.75) is 5.41 Å². The van der Waals surface area contributed by atoms with Crippen LogP contribution in [0.25, 0.3) is 10.8 Å². The van der Waals surface area contributed by atoms with Gasteiger partial charge in [0, 0.05) is 30.6 Å². The van der Waals surface area contributed by atoms with E-state index in [1.165, 1.54) is 0 Å². The van der Waals surface area contributed by atoms with Gasteiger partial charge in [-0.3, -0.25) is 4.79 Å². The molecule has 1 aliphatic carbocycles. The van der Waals surface area contributed by atoms with Crippen LogP contribution in [0, 0.1) is 0 Å². The molecule has 21 heavy (non-hydrogen) atoms. The Morgan fingerprint density at radius 2 is 1.71 bits per heavy atom. The minimum Gasteiger partial charge on any atom is -0.496 e. The average Bonchev–Trinajstić information content (AvgIpc) is 2.73. The Balaban J connectivity index is 2.34. The van der Waals surface area contributed by atoms with Crippen LogP contribution in [-0.4, -0.2) is 40.3 Å². The highest BCUT2D eigenvalue weighted by atomic mass is 16.5. The molecule has 4 heteroatoms. The van der Waals surface area contributed by atoms with Gasteiger partial charge in [0.05, 0.1) is 20.3 Å². The number of hydrogen-bond acceptors (Lipinski definition) is 4. The third-order valence-electron chi connectivity index (χ3n) is 4.20. The van der Waals surface area contributed by atoms with Crippen molar-refractivity contribution in [1.29, 1.82) is 0 Å². The number of methoxy groups -OCH3 is 3. The van der Waals surface area contributed by atoms with E-state index in [0.29, 0.717) is 13.2 Å². The van der Waals surface area contributed by atoms with Crippen LogP contribution in [0.2, 0.25) is 0 Å². The first-order valence-corrected chi connectivity index (χ1v) is 6.82. The third kappa shape index (κ3) is 1.79. The van der Waals surface area contributed by atoms with Crippen molar-refractivity contribution < 1.29 is 19.0 Å². The molecule has 0 radical (unpaired) electrons. The predicted octanol–water partition coefficient (Wildman–Crippen LogP) is 2.58. The van der Waals surface area contributed by atoms with E-state index in [1.54, 1.807) is 21.3 Å². The largest absolute Gasteiger partial charge is 0.496 e. The first-order valence-electron chi connectivity index (χ1n) is 6.82. The Bertz CT molecular complexity index is 699. The van der Waals surface area contributed by atoms with Crippen LogP contribution >= 0.6 is 0 Å². The molecule has 0 fully saturated rings. The fourth-order valence-electron chi connectivity index (χ4n) is 3.35. The maximum atomic E-state index is 13.0. The van der Waals surface area contributed by atoms with E-state index in [1.807, 2.05) is 30.3 Å². The zero-order chi connectivity index (χ0) is 15.0. The van der Waals surface area contributed by atoms with Gasteiger partial charge in [0.15, 0.2) is 5.78 Å². The number of carbonyl (C=O) groups excluding carboxylic acids is 1. The first-order chi connectivity index (χ1) is 10.2. The van der Waals surface area contributed by atoms with Crippen LogP contribution in [0.3, 0.4) is 0 Å². The van der Waals surface area contributed by atoms with E-state index in [-0.39, 0.29) is 5.78 Å². The lowest BCUT2D eigenvalue weighted by Crippen LogP contribution is -2.41. The van der Waals surface area contributed by atoms with Gasteiger partial charge < -0.3 is 14.2 Å². The Kier molecular flexibility index (Phi) is 3.43. The number of ether oxygens (including phenoxy) is 3. The Hall–Kier alpha value is -1.91. The molecule has 1 aliphatic rings. The lowest BCUT2D eigenvalue weighted by atomic mass is 9.81. The molecule has 0 bridgehead atoms. The molecule has 0 atom stereocenters. The summed E-state index contributed by atoms with van der Waals surface area (Å²) in [5.74, 6) is 0.828. The van der Waals surface area contributed by atoms with Gasteiger partial charge in [-0.2, -0.15) is 0 Å². The van der Waals surface area contributed by atoms with Crippen LogP contribution < -0.4 is 4.74 Å². The van der Waals surface area contributed by atoms with Crippen molar-refractivity contribution in [1.82, 2.24) is 0 Å². The molecule has 0 N–H and O–H groups in total. The zero-order valence-corrected chi connectivity index (χ0v) is 12.4. The molecule has 0 saturated carbocycles. The molecular weight excluding hydrogens is 268 g/mol. The number of rotatable bonds is 5. The second-order valence-corrected chi connectivity index (χ2v) is 5.32. The molecule has 0 aromatic heterocycles. The molecule has 2 aromatic rings. The van der Waals surface area contributed by atoms with E-state index >= 15 is 0 Å². The molecule has 4 nitrogen and oxygen atoms in total. The van der Waals surface area contributed by atoms with Crippen molar-refractivity contribution in [3.63, 3.8) is 0 Å². The maximum Gasteiger partial charge on any atom is 0.178 e. The number of benzene rings is 2. The van der Waals surface area contributed by atoms with Crippen molar-refractivity contribution >= 4 is 16.6 Å². The van der Waals surface area contributed by atoms with Gasteiger partial charge in [0.1, 0.15) is 11.2 Å². The van der Waals surface area contributed by atoms with Crippen LogP contribution in [0.1, 0.15) is 15.9 Å². The SMILES string of the molecule is COCC1(COC)C(=O)c2cccc3c(OC)ccc1c23. The smallest absolute Gasteiger partial charge is 0.178 e. The molecule has 0 amide bonds. The monoisotopic (exact) mass is 286 g/mol. The van der Waals surface area contributed by atoms with E-state index in [0.717, 1.165) is 27.6 Å². The van der Waals surface area contributed by atoms with E-state index < -0.39 is 5.41 Å². The molecule has 3 rings (SSSR count). The summed E-state index contributed by atoms with van der Waals surface area (Å²) < 4.78 is 16.1. The standard InChI is InChI=1S/C17H18O4/c1-19-9-17(10-20-2)13-7-8-14(21-3)11-5-4-6-12(15(11)13)16(17)18/h4-8H,9-10H2,1-3H3. The molecule has 0 saturated heterocycles. The van der Waals surface area contributed by atoms with Crippen LogP contribution in [0.5, 0.6) is 5.75 Å². The van der Waals surface area contributed by atoms with Crippen molar-refractivity contribution in [2.75, 3.05) is 34.5 Å². The maximum absolute atomic E-state index is 13.0. The topological polar surface area (TPSA) is 44.8 Å². The second kappa shape index (κ2) is 5.13. The Morgan fingerprint density at radius 1 is 1.00 bits per heavy atom. The van der Waals surface area contributed by atoms with Gasteiger partial charge in [0.25, 0.3) is 0 Å². The molecule has 0 aliphatic heterocycles. The van der Waals surface area contributed by atoms with Crippen molar-refractivity contribution in [3.05, 3.63) is 41.5 Å². The second-order valence-electron chi connectivity index (χ2n) is 5.32. The summed E-state index contributed by atoms with van der Waals surface area (Å²) in [6.45, 7) is 0.603. The highest BCUT2D eigenvalue weighted by Gasteiger charge is 2.48. The summed E-state index contributed by atoms with van der Waals surface area (Å²) in [7, 11) is 4.85. The first kappa shape index (κ1) is 14.0. The predicted molar refractivity (Wildman–Crippen MR) is 80.3 cm³/mol. The van der Waals surface area contributed by atoms with Gasteiger partial charge >= 0.3 is 0 Å². The highest BCUT2D eigenvalue weighted by molar-refractivity contribution is 6.21. The fourth-order valence-corrected chi connectivity index (χ4v) is 3.35.